The third-order valence-corrected chi connectivity index (χ3v) is 5.25. The van der Waals surface area contributed by atoms with Crippen LogP contribution in [0.3, 0.4) is 0 Å². The Morgan fingerprint density at radius 3 is 2.59 bits per heavy atom. The van der Waals surface area contributed by atoms with E-state index in [0.29, 0.717) is 23.6 Å². The van der Waals surface area contributed by atoms with Gasteiger partial charge >= 0.3 is 6.09 Å². The second-order valence-corrected chi connectivity index (χ2v) is 9.10. The maximum atomic E-state index is 12.6. The summed E-state index contributed by atoms with van der Waals surface area (Å²) in [7, 11) is 0. The Bertz CT molecular complexity index is 1000. The van der Waals surface area contributed by atoms with Crippen molar-refractivity contribution >= 4 is 23.0 Å². The van der Waals surface area contributed by atoms with Gasteiger partial charge in [-0.2, -0.15) is 0 Å². The summed E-state index contributed by atoms with van der Waals surface area (Å²) >= 11 is 0. The summed E-state index contributed by atoms with van der Waals surface area (Å²) < 4.78 is 16.7. The van der Waals surface area contributed by atoms with Crippen LogP contribution < -0.4 is 20.8 Å². The molecule has 8 nitrogen and oxygen atoms in total. The highest BCUT2D eigenvalue weighted by Crippen LogP contribution is 2.25. The van der Waals surface area contributed by atoms with E-state index in [1.165, 1.54) is 25.3 Å². The Kier molecular flexibility index (Phi) is 7.77. The van der Waals surface area contributed by atoms with Crippen LogP contribution >= 0.6 is 0 Å². The van der Waals surface area contributed by atoms with Crippen molar-refractivity contribution in [2.45, 2.75) is 58.5 Å². The number of hydrogen-bond acceptors (Lipinski definition) is 6. The first-order valence-corrected chi connectivity index (χ1v) is 11.2. The molecule has 1 aliphatic rings. The number of alkyl carbamates (subject to hydrolysis) is 1. The molecule has 0 atom stereocenters. The van der Waals surface area contributed by atoms with Crippen molar-refractivity contribution in [2.75, 3.05) is 19.7 Å². The van der Waals surface area contributed by atoms with E-state index < -0.39 is 17.6 Å². The third kappa shape index (κ3) is 6.73. The highest BCUT2D eigenvalue weighted by atomic mass is 16.6. The molecule has 32 heavy (non-hydrogen) atoms. The maximum Gasteiger partial charge on any atom is 0.407 e. The zero-order valence-corrected chi connectivity index (χ0v) is 19.0. The Hall–Kier alpha value is -3.03. The standard InChI is InChI=1S/C24H32N2O6/c1-24(2,3)32-23(29)25-12-13-30-19-11-7-10-17-18(27)14-20(31-21(17)19)22(28)26-15-16-8-5-4-6-9-16/h7,10-11,14,16H,4-6,8-9,12-13,15H2,1-3H3,(H,25,29)(H,26,28). The summed E-state index contributed by atoms with van der Waals surface area (Å²) in [6, 6.07) is 6.17. The van der Waals surface area contributed by atoms with Gasteiger partial charge in [-0.3, -0.25) is 9.59 Å². The van der Waals surface area contributed by atoms with Gasteiger partial charge in [0.25, 0.3) is 5.91 Å². The molecule has 0 spiro atoms. The number of benzene rings is 1. The minimum Gasteiger partial charge on any atom is -0.488 e. The van der Waals surface area contributed by atoms with Gasteiger partial charge in [0.2, 0.25) is 0 Å². The Morgan fingerprint density at radius 2 is 1.88 bits per heavy atom. The Labute approximate surface area is 187 Å². The molecule has 1 aromatic heterocycles. The fourth-order valence-electron chi connectivity index (χ4n) is 3.72. The first-order valence-electron chi connectivity index (χ1n) is 11.2. The van der Waals surface area contributed by atoms with Gasteiger partial charge in [0.1, 0.15) is 12.2 Å². The molecule has 8 heteroatoms. The van der Waals surface area contributed by atoms with Crippen LogP contribution in [0.5, 0.6) is 5.75 Å². The predicted molar refractivity (Wildman–Crippen MR) is 121 cm³/mol. The highest BCUT2D eigenvalue weighted by molar-refractivity contribution is 5.93. The number of ether oxygens (including phenoxy) is 2. The quantitative estimate of drug-likeness (QED) is 0.625. The minimum atomic E-state index is -0.585. The summed E-state index contributed by atoms with van der Waals surface area (Å²) in [4.78, 5) is 36.9. The van der Waals surface area contributed by atoms with Gasteiger partial charge in [-0.25, -0.2) is 4.79 Å². The van der Waals surface area contributed by atoms with Crippen LogP contribution in [0.25, 0.3) is 11.0 Å². The number of fused-ring (bicyclic) bond motifs is 1. The van der Waals surface area contributed by atoms with Crippen molar-refractivity contribution < 1.29 is 23.5 Å². The lowest BCUT2D eigenvalue weighted by Crippen LogP contribution is -2.34. The summed E-state index contributed by atoms with van der Waals surface area (Å²) in [5, 5.41) is 5.82. The summed E-state index contributed by atoms with van der Waals surface area (Å²) in [5.74, 6) is 0.348. The zero-order valence-electron chi connectivity index (χ0n) is 19.0. The normalized spacial score (nSPS) is 14.7. The van der Waals surface area contributed by atoms with Crippen LogP contribution in [-0.2, 0) is 4.74 Å². The predicted octanol–water partition coefficient (Wildman–Crippen LogP) is 4.01. The maximum absolute atomic E-state index is 12.6. The molecular formula is C24H32N2O6. The summed E-state index contributed by atoms with van der Waals surface area (Å²) in [6.07, 6.45) is 5.31. The van der Waals surface area contributed by atoms with Crippen molar-refractivity contribution in [3.05, 3.63) is 40.2 Å². The first kappa shape index (κ1) is 23.6. The third-order valence-electron chi connectivity index (χ3n) is 5.25. The first-order chi connectivity index (χ1) is 15.2. The molecule has 174 valence electrons. The largest absolute Gasteiger partial charge is 0.488 e. The highest BCUT2D eigenvalue weighted by Gasteiger charge is 2.19. The van der Waals surface area contributed by atoms with Gasteiger partial charge < -0.3 is 24.5 Å². The smallest absolute Gasteiger partial charge is 0.407 e. The van der Waals surface area contributed by atoms with Gasteiger partial charge in [0.15, 0.2) is 22.5 Å². The van der Waals surface area contributed by atoms with Crippen LogP contribution in [0.2, 0.25) is 0 Å². The molecule has 1 saturated carbocycles. The van der Waals surface area contributed by atoms with Gasteiger partial charge in [-0.1, -0.05) is 25.3 Å². The molecule has 0 bridgehead atoms. The number of rotatable bonds is 7. The molecule has 0 saturated heterocycles. The monoisotopic (exact) mass is 444 g/mol. The zero-order chi connectivity index (χ0) is 23.1. The van der Waals surface area contributed by atoms with Gasteiger partial charge in [0.05, 0.1) is 11.9 Å². The Balaban J connectivity index is 1.64. The SMILES string of the molecule is CC(C)(C)OC(=O)NCCOc1cccc2c(=O)cc(C(=O)NCC3CCCCC3)oc12. The number of carbonyl (C=O) groups is 2. The van der Waals surface area contributed by atoms with E-state index in [1.807, 2.05) is 0 Å². The van der Waals surface area contributed by atoms with E-state index in [2.05, 4.69) is 10.6 Å². The summed E-state index contributed by atoms with van der Waals surface area (Å²) in [5.41, 5.74) is -0.690. The van der Waals surface area contributed by atoms with E-state index in [4.69, 9.17) is 13.9 Å². The lowest BCUT2D eigenvalue weighted by Gasteiger charge is -2.21. The fourth-order valence-corrected chi connectivity index (χ4v) is 3.72. The molecule has 0 radical (unpaired) electrons. The van der Waals surface area contributed by atoms with Crippen LogP contribution in [0.1, 0.15) is 63.4 Å². The molecule has 2 aromatic rings. The van der Waals surface area contributed by atoms with E-state index in [0.717, 1.165) is 12.8 Å². The van der Waals surface area contributed by atoms with Crippen molar-refractivity contribution in [3.63, 3.8) is 0 Å². The average molecular weight is 445 g/mol. The van der Waals surface area contributed by atoms with E-state index in [9.17, 15) is 14.4 Å². The van der Waals surface area contributed by atoms with Crippen LogP contribution in [0.4, 0.5) is 4.79 Å². The van der Waals surface area contributed by atoms with E-state index in [1.54, 1.807) is 39.0 Å². The minimum absolute atomic E-state index is 0.0405. The fraction of sp³-hybridized carbons (Fsp3) is 0.542. The van der Waals surface area contributed by atoms with Crippen LogP contribution in [0.15, 0.2) is 33.5 Å². The molecule has 0 aliphatic heterocycles. The number of hydrogen-bond donors (Lipinski definition) is 2. The molecule has 1 aromatic carbocycles. The molecule has 3 rings (SSSR count). The van der Waals surface area contributed by atoms with Gasteiger partial charge in [-0.05, 0) is 51.7 Å². The van der Waals surface area contributed by atoms with Crippen molar-refractivity contribution in [1.82, 2.24) is 10.6 Å². The summed E-state index contributed by atoms with van der Waals surface area (Å²) in [6.45, 7) is 6.27. The van der Waals surface area contributed by atoms with E-state index in [-0.39, 0.29) is 29.9 Å². The topological polar surface area (TPSA) is 107 Å². The lowest BCUT2D eigenvalue weighted by molar-refractivity contribution is 0.0520. The number of amides is 2. The van der Waals surface area contributed by atoms with Crippen molar-refractivity contribution in [2.24, 2.45) is 5.92 Å². The number of carbonyl (C=O) groups excluding carboxylic acids is 2. The van der Waals surface area contributed by atoms with Crippen molar-refractivity contribution in [3.8, 4) is 5.75 Å². The number of nitrogens with one attached hydrogen (secondary N) is 2. The molecule has 1 aliphatic carbocycles. The van der Waals surface area contributed by atoms with Gasteiger partial charge in [-0.15, -0.1) is 0 Å². The number of para-hydroxylation sites is 1. The molecule has 1 heterocycles. The molecular weight excluding hydrogens is 412 g/mol. The second-order valence-electron chi connectivity index (χ2n) is 9.10. The molecule has 1 fully saturated rings. The second kappa shape index (κ2) is 10.5. The van der Waals surface area contributed by atoms with Crippen LogP contribution in [-0.4, -0.2) is 37.3 Å². The van der Waals surface area contributed by atoms with Gasteiger partial charge in [0, 0.05) is 12.6 Å². The molecule has 2 amide bonds. The van der Waals surface area contributed by atoms with Crippen molar-refractivity contribution in [1.29, 1.82) is 0 Å². The van der Waals surface area contributed by atoms with E-state index >= 15 is 0 Å². The molecule has 2 N–H and O–H groups in total. The Morgan fingerprint density at radius 1 is 1.12 bits per heavy atom. The van der Waals surface area contributed by atoms with Crippen LogP contribution in [0, 0.1) is 5.92 Å². The lowest BCUT2D eigenvalue weighted by atomic mass is 9.89. The average Bonchev–Trinajstić information content (AvgIpc) is 2.74. The molecule has 0 unspecified atom stereocenters.